The standard InChI is InChI=1S/C15H22F2O4/c1-5-11(20-12(18)10(2)3)15(16,17)13(19)21-14(4)8-6-7-9-14/h11H,2,5-9H2,1,3-4H3. The van der Waals surface area contributed by atoms with Gasteiger partial charge < -0.3 is 9.47 Å². The van der Waals surface area contributed by atoms with Crippen LogP contribution in [0.5, 0.6) is 0 Å². The first-order valence-electron chi connectivity index (χ1n) is 7.10. The number of carbonyl (C=O) groups excluding carboxylic acids is 2. The van der Waals surface area contributed by atoms with Gasteiger partial charge in [0.15, 0.2) is 6.10 Å². The Balaban J connectivity index is 2.77. The third-order valence-electron chi connectivity index (χ3n) is 3.65. The molecule has 1 unspecified atom stereocenters. The summed E-state index contributed by atoms with van der Waals surface area (Å²) in [4.78, 5) is 23.2. The van der Waals surface area contributed by atoms with Gasteiger partial charge in [0.25, 0.3) is 0 Å². The van der Waals surface area contributed by atoms with Crippen LogP contribution in [0.1, 0.15) is 52.9 Å². The van der Waals surface area contributed by atoms with E-state index in [9.17, 15) is 18.4 Å². The Morgan fingerprint density at radius 1 is 1.33 bits per heavy atom. The van der Waals surface area contributed by atoms with Crippen LogP contribution in [-0.4, -0.2) is 29.6 Å². The molecule has 4 nitrogen and oxygen atoms in total. The maximum atomic E-state index is 14.1. The zero-order valence-corrected chi connectivity index (χ0v) is 12.7. The molecule has 1 rings (SSSR count). The molecule has 6 heteroatoms. The second-order valence-electron chi connectivity index (χ2n) is 5.75. The van der Waals surface area contributed by atoms with Gasteiger partial charge in [0, 0.05) is 5.57 Å². The summed E-state index contributed by atoms with van der Waals surface area (Å²) in [6, 6.07) is 0. The van der Waals surface area contributed by atoms with E-state index in [4.69, 9.17) is 4.74 Å². The predicted octanol–water partition coefficient (Wildman–Crippen LogP) is 3.40. The molecule has 1 fully saturated rings. The van der Waals surface area contributed by atoms with Crippen molar-refractivity contribution in [3.63, 3.8) is 0 Å². The van der Waals surface area contributed by atoms with E-state index in [1.807, 2.05) is 0 Å². The lowest BCUT2D eigenvalue weighted by Gasteiger charge is -2.29. The van der Waals surface area contributed by atoms with Crippen molar-refractivity contribution >= 4 is 11.9 Å². The molecular formula is C15H22F2O4. The molecule has 0 bridgehead atoms. The average Bonchev–Trinajstić information content (AvgIpc) is 2.81. The third kappa shape index (κ3) is 4.25. The minimum atomic E-state index is -3.87. The van der Waals surface area contributed by atoms with Crippen LogP contribution in [0, 0.1) is 0 Å². The zero-order chi connectivity index (χ0) is 16.3. The number of halogens is 2. The number of ether oxygens (including phenoxy) is 2. The molecule has 0 spiro atoms. The van der Waals surface area contributed by atoms with Crippen LogP contribution in [-0.2, 0) is 19.1 Å². The molecule has 0 aliphatic heterocycles. The van der Waals surface area contributed by atoms with E-state index < -0.39 is 29.6 Å². The Bertz CT molecular complexity index is 425. The first kappa shape index (κ1) is 17.6. The summed E-state index contributed by atoms with van der Waals surface area (Å²) in [7, 11) is 0. The number of hydrogen-bond donors (Lipinski definition) is 0. The average molecular weight is 304 g/mol. The van der Waals surface area contributed by atoms with Crippen LogP contribution in [0.4, 0.5) is 8.78 Å². The van der Waals surface area contributed by atoms with E-state index in [0.717, 1.165) is 12.8 Å². The third-order valence-corrected chi connectivity index (χ3v) is 3.65. The molecule has 0 aromatic rings. The second kappa shape index (κ2) is 6.54. The zero-order valence-electron chi connectivity index (χ0n) is 12.7. The highest BCUT2D eigenvalue weighted by Crippen LogP contribution is 2.36. The molecule has 0 radical (unpaired) electrons. The van der Waals surface area contributed by atoms with Crippen LogP contribution in [0.15, 0.2) is 12.2 Å². The van der Waals surface area contributed by atoms with Crippen molar-refractivity contribution in [2.45, 2.75) is 70.5 Å². The predicted molar refractivity (Wildman–Crippen MR) is 72.9 cm³/mol. The van der Waals surface area contributed by atoms with E-state index in [1.54, 1.807) is 6.92 Å². The molecular weight excluding hydrogens is 282 g/mol. The van der Waals surface area contributed by atoms with Gasteiger partial charge in [0.1, 0.15) is 5.60 Å². The summed E-state index contributed by atoms with van der Waals surface area (Å²) >= 11 is 0. The summed E-state index contributed by atoms with van der Waals surface area (Å²) in [5.41, 5.74) is -0.850. The highest BCUT2D eigenvalue weighted by Gasteiger charge is 2.52. The molecule has 0 N–H and O–H groups in total. The first-order chi connectivity index (χ1) is 9.62. The van der Waals surface area contributed by atoms with Crippen LogP contribution in [0.3, 0.4) is 0 Å². The van der Waals surface area contributed by atoms with Crippen LogP contribution < -0.4 is 0 Å². The number of rotatable bonds is 6. The lowest BCUT2D eigenvalue weighted by Crippen LogP contribution is -2.47. The Kier molecular flexibility index (Phi) is 5.48. The van der Waals surface area contributed by atoms with E-state index in [0.29, 0.717) is 12.8 Å². The largest absolute Gasteiger partial charge is 0.455 e. The SMILES string of the molecule is C=C(C)C(=O)OC(CC)C(F)(F)C(=O)OC1(C)CCCC1. The van der Waals surface area contributed by atoms with Crippen LogP contribution >= 0.6 is 0 Å². The summed E-state index contributed by atoms with van der Waals surface area (Å²) in [5.74, 6) is -6.44. The summed E-state index contributed by atoms with van der Waals surface area (Å²) < 4.78 is 37.9. The van der Waals surface area contributed by atoms with Gasteiger partial charge in [-0.2, -0.15) is 8.78 Å². The van der Waals surface area contributed by atoms with Gasteiger partial charge >= 0.3 is 17.9 Å². The number of carbonyl (C=O) groups is 2. The van der Waals surface area contributed by atoms with Crippen molar-refractivity contribution in [1.82, 2.24) is 0 Å². The number of hydrogen-bond acceptors (Lipinski definition) is 4. The van der Waals surface area contributed by atoms with Crippen molar-refractivity contribution in [3.8, 4) is 0 Å². The normalized spacial score (nSPS) is 18.9. The van der Waals surface area contributed by atoms with Crippen molar-refractivity contribution in [2.24, 2.45) is 0 Å². The highest BCUT2D eigenvalue weighted by molar-refractivity contribution is 5.87. The molecule has 0 aromatic heterocycles. The monoisotopic (exact) mass is 304 g/mol. The fourth-order valence-electron chi connectivity index (χ4n) is 2.29. The van der Waals surface area contributed by atoms with E-state index in [1.165, 1.54) is 13.8 Å². The van der Waals surface area contributed by atoms with Gasteiger partial charge in [-0.3, -0.25) is 0 Å². The molecule has 1 aliphatic carbocycles. The fourth-order valence-corrected chi connectivity index (χ4v) is 2.29. The Hall–Kier alpha value is -1.46. The summed E-state index contributed by atoms with van der Waals surface area (Å²) in [5, 5.41) is 0. The fraction of sp³-hybridized carbons (Fsp3) is 0.733. The van der Waals surface area contributed by atoms with Gasteiger partial charge in [0.05, 0.1) is 0 Å². The lowest BCUT2D eigenvalue weighted by atomic mass is 10.0. The molecule has 120 valence electrons. The van der Waals surface area contributed by atoms with E-state index >= 15 is 0 Å². The van der Waals surface area contributed by atoms with Crippen LogP contribution in [0.25, 0.3) is 0 Å². The van der Waals surface area contributed by atoms with Crippen molar-refractivity contribution < 1.29 is 27.8 Å². The van der Waals surface area contributed by atoms with Gasteiger partial charge in [-0.05, 0) is 46.0 Å². The molecule has 0 aromatic carbocycles. The maximum absolute atomic E-state index is 14.1. The molecule has 1 saturated carbocycles. The minimum Gasteiger partial charge on any atom is -0.455 e. The van der Waals surface area contributed by atoms with Crippen molar-refractivity contribution in [3.05, 3.63) is 12.2 Å². The molecule has 0 amide bonds. The molecule has 21 heavy (non-hydrogen) atoms. The highest BCUT2D eigenvalue weighted by atomic mass is 19.3. The van der Waals surface area contributed by atoms with Gasteiger partial charge in [0.2, 0.25) is 0 Å². The minimum absolute atomic E-state index is 0.000345. The van der Waals surface area contributed by atoms with E-state index in [-0.39, 0.29) is 12.0 Å². The van der Waals surface area contributed by atoms with Gasteiger partial charge in [-0.25, -0.2) is 9.59 Å². The topological polar surface area (TPSA) is 52.6 Å². The Labute approximate surface area is 123 Å². The molecule has 1 aliphatic rings. The summed E-state index contributed by atoms with van der Waals surface area (Å²) in [6.07, 6.45) is 0.778. The Morgan fingerprint density at radius 3 is 2.29 bits per heavy atom. The van der Waals surface area contributed by atoms with Crippen molar-refractivity contribution in [1.29, 1.82) is 0 Å². The lowest BCUT2D eigenvalue weighted by molar-refractivity contribution is -0.207. The van der Waals surface area contributed by atoms with Crippen molar-refractivity contribution in [2.75, 3.05) is 0 Å². The maximum Gasteiger partial charge on any atom is 0.381 e. The van der Waals surface area contributed by atoms with E-state index in [2.05, 4.69) is 11.3 Å². The van der Waals surface area contributed by atoms with Gasteiger partial charge in [-0.1, -0.05) is 13.5 Å². The smallest absolute Gasteiger partial charge is 0.381 e. The summed E-state index contributed by atoms with van der Waals surface area (Å²) in [6.45, 7) is 7.74. The molecule has 1 atom stereocenters. The quantitative estimate of drug-likeness (QED) is 0.557. The first-order valence-corrected chi connectivity index (χ1v) is 7.10. The number of alkyl halides is 2. The Morgan fingerprint density at radius 2 is 1.86 bits per heavy atom. The second-order valence-corrected chi connectivity index (χ2v) is 5.75. The number of esters is 2. The van der Waals surface area contributed by atoms with Crippen LogP contribution in [0.2, 0.25) is 0 Å². The molecule has 0 heterocycles. The van der Waals surface area contributed by atoms with Gasteiger partial charge in [-0.15, -0.1) is 0 Å². The molecule has 0 saturated heterocycles.